The van der Waals surface area contributed by atoms with Crippen molar-refractivity contribution in [1.29, 1.82) is 0 Å². The van der Waals surface area contributed by atoms with Crippen molar-refractivity contribution >= 4 is 17.5 Å². The van der Waals surface area contributed by atoms with Gasteiger partial charge in [0.1, 0.15) is 0 Å². The number of hydrogen-bond acceptors (Lipinski definition) is 2. The number of carbonyl (C=O) groups is 1. The van der Waals surface area contributed by atoms with Crippen molar-refractivity contribution in [3.8, 4) is 0 Å². The van der Waals surface area contributed by atoms with Crippen LogP contribution in [0.2, 0.25) is 5.02 Å². The quantitative estimate of drug-likeness (QED) is 0.875. The number of benzene rings is 1. The zero-order chi connectivity index (χ0) is 15.3. The molecule has 112 valence electrons. The number of carbonyl (C=O) groups excluding carboxylic acids is 1. The molecule has 0 aromatic heterocycles. The van der Waals surface area contributed by atoms with Gasteiger partial charge >= 0.3 is 0 Å². The molecule has 1 N–H and O–H groups in total. The lowest BCUT2D eigenvalue weighted by atomic mass is 9.99. The van der Waals surface area contributed by atoms with Gasteiger partial charge in [0, 0.05) is 23.0 Å². The number of likely N-dealkylation sites (N-methyl/N-ethyl adjacent to an activating group) is 1. The third-order valence-electron chi connectivity index (χ3n) is 3.81. The van der Waals surface area contributed by atoms with E-state index in [-0.39, 0.29) is 17.4 Å². The van der Waals surface area contributed by atoms with Crippen molar-refractivity contribution in [2.45, 2.75) is 32.7 Å². The summed E-state index contributed by atoms with van der Waals surface area (Å²) in [7, 11) is 4.03. The summed E-state index contributed by atoms with van der Waals surface area (Å²) in [6.07, 6.45) is 0.728. The standard InChI is InChI=1S/C16H25ClN2O/c1-12(10-13-6-8-14(17)9-7-13)15(20)18-11-16(2,3)19(4)5/h6-9,12H,10-11H2,1-5H3,(H,18,20). The number of hydrogen-bond donors (Lipinski definition) is 1. The lowest BCUT2D eigenvalue weighted by Gasteiger charge is -2.33. The Morgan fingerprint density at radius 1 is 1.30 bits per heavy atom. The van der Waals surface area contributed by atoms with E-state index < -0.39 is 0 Å². The van der Waals surface area contributed by atoms with Gasteiger partial charge in [-0.15, -0.1) is 0 Å². The summed E-state index contributed by atoms with van der Waals surface area (Å²) in [6.45, 7) is 6.81. The first-order valence-electron chi connectivity index (χ1n) is 6.92. The van der Waals surface area contributed by atoms with Crippen molar-refractivity contribution in [3.05, 3.63) is 34.9 Å². The summed E-state index contributed by atoms with van der Waals surface area (Å²) in [5.74, 6) is 0.0454. The Kier molecular flexibility index (Phi) is 6.03. The van der Waals surface area contributed by atoms with Gasteiger partial charge in [-0.3, -0.25) is 4.79 Å². The zero-order valence-corrected chi connectivity index (χ0v) is 13.8. The molecule has 0 fully saturated rings. The Balaban J connectivity index is 2.49. The van der Waals surface area contributed by atoms with Crippen LogP contribution in [0.15, 0.2) is 24.3 Å². The van der Waals surface area contributed by atoms with Crippen molar-refractivity contribution in [1.82, 2.24) is 10.2 Å². The maximum absolute atomic E-state index is 12.1. The summed E-state index contributed by atoms with van der Waals surface area (Å²) in [6, 6.07) is 7.65. The molecule has 3 nitrogen and oxygen atoms in total. The van der Waals surface area contributed by atoms with Gasteiger partial charge in [-0.25, -0.2) is 0 Å². The first kappa shape index (κ1) is 17.0. The van der Waals surface area contributed by atoms with Gasteiger partial charge in [0.05, 0.1) is 0 Å². The van der Waals surface area contributed by atoms with Crippen LogP contribution in [-0.2, 0) is 11.2 Å². The SMILES string of the molecule is CC(Cc1ccc(Cl)cc1)C(=O)NCC(C)(C)N(C)C. The molecule has 0 bridgehead atoms. The molecule has 4 heteroatoms. The maximum Gasteiger partial charge on any atom is 0.223 e. The first-order valence-corrected chi connectivity index (χ1v) is 7.30. The highest BCUT2D eigenvalue weighted by Gasteiger charge is 2.22. The number of nitrogens with zero attached hydrogens (tertiary/aromatic N) is 1. The number of amides is 1. The predicted octanol–water partition coefficient (Wildman–Crippen LogP) is 2.98. The summed E-state index contributed by atoms with van der Waals surface area (Å²) in [5.41, 5.74) is 1.08. The summed E-state index contributed by atoms with van der Waals surface area (Å²) in [4.78, 5) is 14.2. The molecule has 0 aliphatic heterocycles. The molecule has 0 aliphatic rings. The molecule has 1 rings (SSSR count). The molecule has 0 aliphatic carbocycles. The number of nitrogens with one attached hydrogen (secondary N) is 1. The highest BCUT2D eigenvalue weighted by atomic mass is 35.5. The third-order valence-corrected chi connectivity index (χ3v) is 4.06. The molecular formula is C16H25ClN2O. The van der Waals surface area contributed by atoms with Gasteiger partial charge in [0.15, 0.2) is 0 Å². The van der Waals surface area contributed by atoms with E-state index in [4.69, 9.17) is 11.6 Å². The van der Waals surface area contributed by atoms with E-state index in [0.29, 0.717) is 6.54 Å². The lowest BCUT2D eigenvalue weighted by Crippen LogP contribution is -2.49. The average molecular weight is 297 g/mol. The van der Waals surface area contributed by atoms with E-state index in [1.165, 1.54) is 0 Å². The molecule has 1 atom stereocenters. The fraction of sp³-hybridized carbons (Fsp3) is 0.562. The molecule has 0 heterocycles. The fourth-order valence-electron chi connectivity index (χ4n) is 1.70. The predicted molar refractivity (Wildman–Crippen MR) is 85.1 cm³/mol. The molecule has 20 heavy (non-hydrogen) atoms. The van der Waals surface area contributed by atoms with Crippen molar-refractivity contribution in [3.63, 3.8) is 0 Å². The molecule has 1 unspecified atom stereocenters. The highest BCUT2D eigenvalue weighted by Crippen LogP contribution is 2.14. The highest BCUT2D eigenvalue weighted by molar-refractivity contribution is 6.30. The van der Waals surface area contributed by atoms with E-state index in [9.17, 15) is 4.79 Å². The monoisotopic (exact) mass is 296 g/mol. The number of rotatable bonds is 6. The van der Waals surface area contributed by atoms with Crippen LogP contribution in [0.5, 0.6) is 0 Å². The van der Waals surface area contributed by atoms with Gasteiger partial charge in [-0.2, -0.15) is 0 Å². The minimum absolute atomic E-state index is 0.0460. The van der Waals surface area contributed by atoms with Gasteiger partial charge in [0.2, 0.25) is 5.91 Å². The van der Waals surface area contributed by atoms with E-state index in [0.717, 1.165) is 17.0 Å². The van der Waals surface area contributed by atoms with Crippen LogP contribution in [0.1, 0.15) is 26.3 Å². The first-order chi connectivity index (χ1) is 9.22. The Morgan fingerprint density at radius 2 is 1.85 bits per heavy atom. The molecular weight excluding hydrogens is 272 g/mol. The van der Waals surface area contributed by atoms with Crippen LogP contribution in [0.4, 0.5) is 0 Å². The Labute approximate surface area is 127 Å². The smallest absolute Gasteiger partial charge is 0.223 e. The Hall–Kier alpha value is -1.06. The van der Waals surface area contributed by atoms with Crippen LogP contribution >= 0.6 is 11.6 Å². The van der Waals surface area contributed by atoms with Crippen LogP contribution in [0.25, 0.3) is 0 Å². The third kappa shape index (κ3) is 5.14. The summed E-state index contributed by atoms with van der Waals surface area (Å²) >= 11 is 5.86. The lowest BCUT2D eigenvalue weighted by molar-refractivity contribution is -0.124. The van der Waals surface area contributed by atoms with Crippen LogP contribution in [0.3, 0.4) is 0 Å². The second kappa shape index (κ2) is 7.09. The van der Waals surface area contributed by atoms with Crippen LogP contribution < -0.4 is 5.32 Å². The molecule has 1 aromatic carbocycles. The van der Waals surface area contributed by atoms with Crippen molar-refractivity contribution in [2.75, 3.05) is 20.6 Å². The summed E-state index contributed by atoms with van der Waals surface area (Å²) < 4.78 is 0. The zero-order valence-electron chi connectivity index (χ0n) is 13.0. The normalized spacial score (nSPS) is 13.3. The molecule has 0 saturated heterocycles. The van der Waals surface area contributed by atoms with E-state index >= 15 is 0 Å². The minimum atomic E-state index is -0.0471. The van der Waals surface area contributed by atoms with Gasteiger partial charge in [0.25, 0.3) is 0 Å². The topological polar surface area (TPSA) is 32.3 Å². The van der Waals surface area contributed by atoms with Gasteiger partial charge in [-0.1, -0.05) is 30.7 Å². The maximum atomic E-state index is 12.1. The Morgan fingerprint density at radius 3 is 2.35 bits per heavy atom. The minimum Gasteiger partial charge on any atom is -0.354 e. The average Bonchev–Trinajstić information content (AvgIpc) is 2.38. The second-order valence-electron chi connectivity index (χ2n) is 6.16. The second-order valence-corrected chi connectivity index (χ2v) is 6.59. The molecule has 0 radical (unpaired) electrons. The molecule has 1 aromatic rings. The summed E-state index contributed by atoms with van der Waals surface area (Å²) in [5, 5.41) is 3.75. The fourth-order valence-corrected chi connectivity index (χ4v) is 1.83. The van der Waals surface area contributed by atoms with Crippen molar-refractivity contribution in [2.24, 2.45) is 5.92 Å². The van der Waals surface area contributed by atoms with E-state index in [2.05, 4.69) is 24.1 Å². The van der Waals surface area contributed by atoms with E-state index in [1.54, 1.807) is 0 Å². The molecule has 1 amide bonds. The molecule has 0 spiro atoms. The van der Waals surface area contributed by atoms with Crippen LogP contribution in [0, 0.1) is 5.92 Å². The van der Waals surface area contributed by atoms with Crippen LogP contribution in [-0.4, -0.2) is 37.0 Å². The number of halogens is 1. The van der Waals surface area contributed by atoms with Gasteiger partial charge in [-0.05, 0) is 52.1 Å². The van der Waals surface area contributed by atoms with Gasteiger partial charge < -0.3 is 10.2 Å². The Bertz CT molecular complexity index is 440. The van der Waals surface area contributed by atoms with Crippen molar-refractivity contribution < 1.29 is 4.79 Å². The molecule has 0 saturated carbocycles. The van der Waals surface area contributed by atoms with E-state index in [1.807, 2.05) is 45.3 Å². The largest absolute Gasteiger partial charge is 0.354 e.